The molecule has 5 heteroatoms. The third-order valence-corrected chi connectivity index (χ3v) is 3.96. The van der Waals surface area contributed by atoms with E-state index in [2.05, 4.69) is 10.2 Å². The molecule has 0 spiro atoms. The SMILES string of the molecule is COCCNC(=O)CN(C)C1CCCc2cc(O)ccc21. The molecule has 2 N–H and O–H groups in total. The van der Waals surface area contributed by atoms with Crippen LogP contribution in [0.1, 0.15) is 30.0 Å². The molecule has 1 aromatic carbocycles. The molecule has 0 aromatic heterocycles. The van der Waals surface area contributed by atoms with Gasteiger partial charge in [0.05, 0.1) is 13.2 Å². The van der Waals surface area contributed by atoms with Crippen molar-refractivity contribution in [2.24, 2.45) is 0 Å². The number of nitrogens with one attached hydrogen (secondary N) is 1. The molecule has 2 rings (SSSR count). The zero-order valence-corrected chi connectivity index (χ0v) is 12.8. The lowest BCUT2D eigenvalue weighted by Crippen LogP contribution is -2.39. The summed E-state index contributed by atoms with van der Waals surface area (Å²) in [5, 5.41) is 12.4. The average molecular weight is 292 g/mol. The molecule has 0 bridgehead atoms. The number of rotatable bonds is 6. The number of phenols is 1. The molecule has 116 valence electrons. The van der Waals surface area contributed by atoms with Gasteiger partial charge in [0.2, 0.25) is 5.91 Å². The summed E-state index contributed by atoms with van der Waals surface area (Å²) in [4.78, 5) is 14.0. The molecule has 0 saturated carbocycles. The summed E-state index contributed by atoms with van der Waals surface area (Å²) < 4.78 is 4.92. The van der Waals surface area contributed by atoms with Crippen molar-refractivity contribution in [1.29, 1.82) is 0 Å². The first kappa shape index (κ1) is 15.8. The van der Waals surface area contributed by atoms with Crippen molar-refractivity contribution in [1.82, 2.24) is 10.2 Å². The van der Waals surface area contributed by atoms with Crippen LogP contribution in [-0.2, 0) is 16.0 Å². The molecular weight excluding hydrogens is 268 g/mol. The van der Waals surface area contributed by atoms with Gasteiger partial charge in [0.15, 0.2) is 0 Å². The van der Waals surface area contributed by atoms with E-state index in [9.17, 15) is 9.90 Å². The fourth-order valence-corrected chi connectivity index (χ4v) is 2.92. The molecule has 1 aliphatic carbocycles. The number of amides is 1. The van der Waals surface area contributed by atoms with Crippen molar-refractivity contribution in [2.75, 3.05) is 33.9 Å². The number of phenolic OH excluding ortho intramolecular Hbond substituents is 1. The van der Waals surface area contributed by atoms with Gasteiger partial charge in [-0.15, -0.1) is 0 Å². The van der Waals surface area contributed by atoms with Crippen LogP contribution in [0.2, 0.25) is 0 Å². The van der Waals surface area contributed by atoms with Crippen LogP contribution in [0.25, 0.3) is 0 Å². The molecule has 1 aromatic rings. The largest absolute Gasteiger partial charge is 0.508 e. The van der Waals surface area contributed by atoms with Crippen LogP contribution in [-0.4, -0.2) is 49.8 Å². The number of methoxy groups -OCH3 is 1. The molecule has 1 aliphatic rings. The average Bonchev–Trinajstić information content (AvgIpc) is 2.46. The Morgan fingerprint density at radius 2 is 2.33 bits per heavy atom. The summed E-state index contributed by atoms with van der Waals surface area (Å²) >= 11 is 0. The number of carbonyl (C=O) groups is 1. The summed E-state index contributed by atoms with van der Waals surface area (Å²) in [5.41, 5.74) is 2.42. The number of likely N-dealkylation sites (N-methyl/N-ethyl adjacent to an activating group) is 1. The van der Waals surface area contributed by atoms with E-state index in [0.717, 1.165) is 19.3 Å². The minimum atomic E-state index is 0.0143. The highest BCUT2D eigenvalue weighted by Gasteiger charge is 2.25. The van der Waals surface area contributed by atoms with Crippen LogP contribution < -0.4 is 5.32 Å². The van der Waals surface area contributed by atoms with Crippen molar-refractivity contribution in [3.05, 3.63) is 29.3 Å². The smallest absolute Gasteiger partial charge is 0.234 e. The fraction of sp³-hybridized carbons (Fsp3) is 0.562. The lowest BCUT2D eigenvalue weighted by atomic mass is 9.87. The topological polar surface area (TPSA) is 61.8 Å². The number of hydrogen-bond donors (Lipinski definition) is 2. The van der Waals surface area contributed by atoms with Crippen molar-refractivity contribution >= 4 is 5.91 Å². The van der Waals surface area contributed by atoms with Gasteiger partial charge in [-0.2, -0.15) is 0 Å². The molecule has 0 fully saturated rings. The number of hydrogen-bond acceptors (Lipinski definition) is 4. The molecular formula is C16H24N2O3. The number of aryl methyl sites for hydroxylation is 1. The van der Waals surface area contributed by atoms with Crippen LogP contribution in [0.15, 0.2) is 18.2 Å². The van der Waals surface area contributed by atoms with Gasteiger partial charge in [0, 0.05) is 19.7 Å². The summed E-state index contributed by atoms with van der Waals surface area (Å²) in [6.45, 7) is 1.44. The maximum atomic E-state index is 11.9. The first-order valence-electron chi connectivity index (χ1n) is 7.39. The highest BCUT2D eigenvalue weighted by molar-refractivity contribution is 5.78. The van der Waals surface area contributed by atoms with Gasteiger partial charge >= 0.3 is 0 Å². The molecule has 1 amide bonds. The summed E-state index contributed by atoms with van der Waals surface area (Å²) in [6, 6.07) is 5.79. The van der Waals surface area contributed by atoms with Gasteiger partial charge in [0.25, 0.3) is 0 Å². The maximum Gasteiger partial charge on any atom is 0.234 e. The zero-order valence-electron chi connectivity index (χ0n) is 12.8. The second kappa shape index (κ2) is 7.43. The molecule has 1 unspecified atom stereocenters. The Morgan fingerprint density at radius 3 is 3.10 bits per heavy atom. The van der Waals surface area contributed by atoms with Gasteiger partial charge in [-0.1, -0.05) is 6.07 Å². The van der Waals surface area contributed by atoms with Crippen molar-refractivity contribution in [3.8, 4) is 5.75 Å². The van der Waals surface area contributed by atoms with Crippen molar-refractivity contribution in [3.63, 3.8) is 0 Å². The summed E-state index contributed by atoms with van der Waals surface area (Å²) in [7, 11) is 3.59. The minimum Gasteiger partial charge on any atom is -0.508 e. The van der Waals surface area contributed by atoms with E-state index in [0.29, 0.717) is 25.4 Å². The second-order valence-electron chi connectivity index (χ2n) is 5.55. The predicted octanol–water partition coefficient (Wildman–Crippen LogP) is 1.46. The summed E-state index contributed by atoms with van der Waals surface area (Å²) in [6.07, 6.45) is 3.12. The highest BCUT2D eigenvalue weighted by Crippen LogP contribution is 2.34. The molecule has 21 heavy (non-hydrogen) atoms. The quantitative estimate of drug-likeness (QED) is 0.779. The number of ether oxygens (including phenoxy) is 1. The number of aromatic hydroxyl groups is 1. The van der Waals surface area contributed by atoms with E-state index < -0.39 is 0 Å². The second-order valence-corrected chi connectivity index (χ2v) is 5.55. The number of benzene rings is 1. The van der Waals surface area contributed by atoms with Crippen LogP contribution in [0.3, 0.4) is 0 Å². The Labute approximate surface area is 125 Å². The highest BCUT2D eigenvalue weighted by atomic mass is 16.5. The Morgan fingerprint density at radius 1 is 1.52 bits per heavy atom. The molecule has 0 saturated heterocycles. The molecule has 1 atom stereocenters. The Hall–Kier alpha value is -1.59. The Bertz CT molecular complexity index is 490. The number of nitrogens with zero attached hydrogens (tertiary/aromatic N) is 1. The van der Waals surface area contributed by atoms with E-state index >= 15 is 0 Å². The standard InChI is InChI=1S/C16H24N2O3/c1-18(11-16(20)17-8-9-21-2)15-5-3-4-12-10-13(19)6-7-14(12)15/h6-7,10,15,19H,3-5,8-9,11H2,1-2H3,(H,17,20). The fourth-order valence-electron chi connectivity index (χ4n) is 2.92. The van der Waals surface area contributed by atoms with Gasteiger partial charge in [-0.25, -0.2) is 0 Å². The van der Waals surface area contributed by atoms with E-state index in [1.165, 1.54) is 11.1 Å². The Balaban J connectivity index is 1.97. The summed E-state index contributed by atoms with van der Waals surface area (Å²) in [5.74, 6) is 0.329. The van der Waals surface area contributed by atoms with E-state index in [4.69, 9.17) is 4.74 Å². The lowest BCUT2D eigenvalue weighted by Gasteiger charge is -2.33. The Kier molecular flexibility index (Phi) is 5.59. The van der Waals surface area contributed by atoms with Crippen LogP contribution >= 0.6 is 0 Å². The van der Waals surface area contributed by atoms with Crippen LogP contribution in [0.5, 0.6) is 5.75 Å². The van der Waals surface area contributed by atoms with Gasteiger partial charge < -0.3 is 15.2 Å². The number of carbonyl (C=O) groups excluding carboxylic acids is 1. The van der Waals surface area contributed by atoms with Crippen molar-refractivity contribution in [2.45, 2.75) is 25.3 Å². The first-order valence-corrected chi connectivity index (χ1v) is 7.39. The lowest BCUT2D eigenvalue weighted by molar-refractivity contribution is -0.122. The van der Waals surface area contributed by atoms with Gasteiger partial charge in [-0.3, -0.25) is 9.69 Å². The van der Waals surface area contributed by atoms with E-state index in [-0.39, 0.29) is 11.9 Å². The predicted molar refractivity (Wildman–Crippen MR) is 81.3 cm³/mol. The first-order chi connectivity index (χ1) is 10.1. The van der Waals surface area contributed by atoms with Crippen LogP contribution in [0, 0.1) is 0 Å². The van der Waals surface area contributed by atoms with E-state index in [1.54, 1.807) is 13.2 Å². The third-order valence-electron chi connectivity index (χ3n) is 3.96. The maximum absolute atomic E-state index is 11.9. The minimum absolute atomic E-state index is 0.0143. The monoisotopic (exact) mass is 292 g/mol. The third kappa shape index (κ3) is 4.19. The molecule has 0 heterocycles. The van der Waals surface area contributed by atoms with Crippen LogP contribution in [0.4, 0.5) is 0 Å². The van der Waals surface area contributed by atoms with E-state index in [1.807, 2.05) is 19.2 Å². The molecule has 0 radical (unpaired) electrons. The molecule has 5 nitrogen and oxygen atoms in total. The zero-order chi connectivity index (χ0) is 15.2. The normalized spacial score (nSPS) is 17.6. The van der Waals surface area contributed by atoms with Gasteiger partial charge in [-0.05, 0) is 49.6 Å². The van der Waals surface area contributed by atoms with Crippen molar-refractivity contribution < 1.29 is 14.6 Å². The number of fused-ring (bicyclic) bond motifs is 1. The molecule has 0 aliphatic heterocycles. The van der Waals surface area contributed by atoms with Gasteiger partial charge in [0.1, 0.15) is 5.75 Å².